The lowest BCUT2D eigenvalue weighted by atomic mass is 10.1. The average Bonchev–Trinajstić information content (AvgIpc) is 3.24. The molecule has 200 valence electrons. The van der Waals surface area contributed by atoms with Gasteiger partial charge in [-0.2, -0.15) is 0 Å². The number of halogens is 5. The summed E-state index contributed by atoms with van der Waals surface area (Å²) < 4.78 is 51.8. The van der Waals surface area contributed by atoms with Crippen molar-refractivity contribution in [1.82, 2.24) is 10.2 Å². The number of fused-ring (bicyclic) bond motifs is 1. The van der Waals surface area contributed by atoms with Crippen molar-refractivity contribution >= 4 is 30.8 Å². The van der Waals surface area contributed by atoms with Crippen molar-refractivity contribution in [2.45, 2.75) is 32.0 Å². The molecule has 2 aromatic rings. The quantitative estimate of drug-likeness (QED) is 0.388. The van der Waals surface area contributed by atoms with Crippen LogP contribution < -0.4 is 10.1 Å². The molecule has 1 heterocycles. The maximum absolute atomic E-state index is 13.9. The molecular weight excluding hydrogens is 520 g/mol. The molecule has 2 unspecified atom stereocenters. The average molecular weight is 551 g/mol. The summed E-state index contributed by atoms with van der Waals surface area (Å²) in [6.45, 7) is 4.92. The summed E-state index contributed by atoms with van der Waals surface area (Å²) in [6.07, 6.45) is -0.559. The molecule has 4 rings (SSSR count). The molecule has 0 bridgehead atoms. The second kappa shape index (κ2) is 13.5. The molecule has 0 aromatic heterocycles. The van der Waals surface area contributed by atoms with Crippen LogP contribution in [0.1, 0.15) is 18.1 Å². The van der Waals surface area contributed by atoms with E-state index in [2.05, 4.69) is 5.32 Å². The molecule has 2 aromatic carbocycles. The number of hydrogen-bond acceptors (Lipinski definition) is 5. The highest BCUT2D eigenvalue weighted by Crippen LogP contribution is 2.45. The summed E-state index contributed by atoms with van der Waals surface area (Å²) >= 11 is 0. The number of nitrogens with one attached hydrogen (secondary N) is 1. The van der Waals surface area contributed by atoms with Gasteiger partial charge in [0.25, 0.3) is 0 Å². The minimum Gasteiger partial charge on any atom is -0.492 e. The van der Waals surface area contributed by atoms with Gasteiger partial charge in [-0.05, 0) is 36.5 Å². The molecule has 0 spiro atoms. The maximum atomic E-state index is 13.9. The van der Waals surface area contributed by atoms with Crippen LogP contribution in [0.25, 0.3) is 0 Å². The van der Waals surface area contributed by atoms with Gasteiger partial charge in [0.2, 0.25) is 0 Å². The van der Waals surface area contributed by atoms with Crippen LogP contribution in [0.4, 0.5) is 13.2 Å². The first-order chi connectivity index (χ1) is 16.4. The van der Waals surface area contributed by atoms with Crippen molar-refractivity contribution in [1.29, 1.82) is 0 Å². The summed E-state index contributed by atoms with van der Waals surface area (Å²) in [5.41, 5.74) is 0.782. The number of carbonyl (C=O) groups is 1. The molecule has 1 aliphatic heterocycles. The van der Waals surface area contributed by atoms with E-state index in [0.717, 1.165) is 30.8 Å². The third-order valence-electron chi connectivity index (χ3n) is 6.50. The summed E-state index contributed by atoms with van der Waals surface area (Å²) in [5.74, 6) is -1.96. The Morgan fingerprint density at radius 3 is 2.28 bits per heavy atom. The second-order valence-corrected chi connectivity index (χ2v) is 8.83. The molecule has 2 fully saturated rings. The van der Waals surface area contributed by atoms with E-state index in [0.29, 0.717) is 49.8 Å². The predicted molar refractivity (Wildman–Crippen MR) is 134 cm³/mol. The number of nitrogens with zero attached hydrogens (tertiary/aromatic N) is 1. The molecular formula is C25H31Cl2F3N2O4. The molecule has 11 heteroatoms. The van der Waals surface area contributed by atoms with Crippen LogP contribution >= 0.6 is 24.8 Å². The molecule has 6 nitrogen and oxygen atoms in total. The largest absolute Gasteiger partial charge is 0.492 e. The highest BCUT2D eigenvalue weighted by molar-refractivity contribution is 5.85. The third kappa shape index (κ3) is 7.49. The van der Waals surface area contributed by atoms with E-state index in [9.17, 15) is 23.1 Å². The first kappa shape index (κ1) is 30.2. The van der Waals surface area contributed by atoms with E-state index >= 15 is 0 Å². The lowest BCUT2D eigenvalue weighted by molar-refractivity contribution is -0.149. The van der Waals surface area contributed by atoms with Gasteiger partial charge in [0.05, 0.1) is 0 Å². The van der Waals surface area contributed by atoms with Gasteiger partial charge in [-0.3, -0.25) is 4.90 Å². The number of carboxylic acid groups (broad SMARTS) is 1. The molecule has 0 radical (unpaired) electrons. The van der Waals surface area contributed by atoms with Crippen LogP contribution in [0.2, 0.25) is 0 Å². The summed E-state index contributed by atoms with van der Waals surface area (Å²) in [5, 5.41) is 12.7. The smallest absolute Gasteiger partial charge is 0.333 e. The van der Waals surface area contributed by atoms with Crippen molar-refractivity contribution < 1.29 is 32.5 Å². The van der Waals surface area contributed by atoms with Crippen molar-refractivity contribution in [3.05, 3.63) is 65.0 Å². The molecule has 36 heavy (non-hydrogen) atoms. The van der Waals surface area contributed by atoms with Gasteiger partial charge in [0.15, 0.2) is 6.10 Å². The van der Waals surface area contributed by atoms with E-state index in [-0.39, 0.29) is 36.9 Å². The molecule has 1 saturated carbocycles. The first-order valence-corrected chi connectivity index (χ1v) is 11.5. The summed E-state index contributed by atoms with van der Waals surface area (Å²) in [4.78, 5) is 13.2. The number of ether oxygens (including phenoxy) is 2. The summed E-state index contributed by atoms with van der Waals surface area (Å²) in [7, 11) is 0. The van der Waals surface area contributed by atoms with Gasteiger partial charge in [-0.15, -0.1) is 24.8 Å². The number of benzene rings is 2. The Balaban J connectivity index is 0.00000228. The van der Waals surface area contributed by atoms with Gasteiger partial charge in [-0.1, -0.05) is 12.1 Å². The number of piperidine rings is 1. The highest BCUT2D eigenvalue weighted by atomic mass is 35.5. The van der Waals surface area contributed by atoms with E-state index in [4.69, 9.17) is 9.47 Å². The fourth-order valence-electron chi connectivity index (χ4n) is 4.74. The molecule has 1 saturated heterocycles. The standard InChI is InChI=1S/C25H29F3N2O4.2ClH/c1-2-33-23(25(31)32)9-15-3-5-17(6-4-15)34-8-7-29-24-18-12-30(13-19(18)24)14-20-21(27)10-16(26)11-22(20)28;;/h3-6,10-11,18-19,23-24,29H,2,7-9,12-14H2,1H3,(H,31,32);2*1H/t18-,19?,23-,24?;;/m0../s1. The lowest BCUT2D eigenvalue weighted by Gasteiger charge is -2.20. The van der Waals surface area contributed by atoms with Crippen LogP contribution in [0.3, 0.4) is 0 Å². The van der Waals surface area contributed by atoms with E-state index in [1.807, 2.05) is 29.2 Å². The zero-order valence-electron chi connectivity index (χ0n) is 19.8. The Labute approximate surface area is 221 Å². The van der Waals surface area contributed by atoms with Gasteiger partial charge in [-0.25, -0.2) is 18.0 Å². The molecule has 2 N–H and O–H groups in total. The fourth-order valence-corrected chi connectivity index (χ4v) is 4.74. The van der Waals surface area contributed by atoms with Gasteiger partial charge in [0.1, 0.15) is 29.8 Å². The number of hydrogen-bond donors (Lipinski definition) is 2. The van der Waals surface area contributed by atoms with E-state index in [1.165, 1.54) is 0 Å². The van der Waals surface area contributed by atoms with Gasteiger partial charge >= 0.3 is 5.97 Å². The molecule has 2 aliphatic rings. The highest BCUT2D eigenvalue weighted by Gasteiger charge is 2.55. The van der Waals surface area contributed by atoms with Crippen molar-refractivity contribution in [2.24, 2.45) is 11.8 Å². The van der Waals surface area contributed by atoms with E-state index < -0.39 is 29.5 Å². The Kier molecular flexibility index (Phi) is 11.3. The monoisotopic (exact) mass is 550 g/mol. The number of carboxylic acids is 1. The maximum Gasteiger partial charge on any atom is 0.333 e. The second-order valence-electron chi connectivity index (χ2n) is 8.83. The SMILES string of the molecule is CCO[C@@H](Cc1ccc(OCCNC2C3CN(Cc4c(F)cc(F)cc4F)C[C@@H]32)cc1)C(=O)O.Cl.Cl. The van der Waals surface area contributed by atoms with Crippen LogP contribution in [-0.4, -0.2) is 61.0 Å². The van der Waals surface area contributed by atoms with E-state index in [1.54, 1.807) is 6.92 Å². The Bertz CT molecular complexity index is 980. The molecule has 4 atom stereocenters. The lowest BCUT2D eigenvalue weighted by Crippen LogP contribution is -2.33. The normalized spacial score (nSPS) is 21.2. The van der Waals surface area contributed by atoms with Gasteiger partial charge < -0.3 is 19.9 Å². The first-order valence-electron chi connectivity index (χ1n) is 11.5. The van der Waals surface area contributed by atoms with Crippen molar-refractivity contribution in [3.8, 4) is 5.75 Å². The zero-order valence-corrected chi connectivity index (χ0v) is 21.4. The Hall–Kier alpha value is -2.04. The number of rotatable bonds is 12. The topological polar surface area (TPSA) is 71.0 Å². The number of aliphatic carboxylic acids is 1. The minimum absolute atomic E-state index is 0. The fraction of sp³-hybridized carbons (Fsp3) is 0.480. The van der Waals surface area contributed by atoms with Crippen LogP contribution in [0, 0.1) is 29.3 Å². The third-order valence-corrected chi connectivity index (χ3v) is 6.50. The summed E-state index contributed by atoms with van der Waals surface area (Å²) in [6, 6.07) is 9.13. The van der Waals surface area contributed by atoms with Crippen LogP contribution in [-0.2, 0) is 22.5 Å². The number of likely N-dealkylation sites (tertiary alicyclic amines) is 1. The molecule has 0 amide bonds. The molecule has 1 aliphatic carbocycles. The van der Waals surface area contributed by atoms with Gasteiger partial charge in [0, 0.05) is 62.9 Å². The predicted octanol–water partition coefficient (Wildman–Crippen LogP) is 4.08. The van der Waals surface area contributed by atoms with Crippen molar-refractivity contribution in [3.63, 3.8) is 0 Å². The Morgan fingerprint density at radius 2 is 1.72 bits per heavy atom. The van der Waals surface area contributed by atoms with Crippen LogP contribution in [0.5, 0.6) is 5.75 Å². The minimum atomic E-state index is -0.976. The Morgan fingerprint density at radius 1 is 1.11 bits per heavy atom. The zero-order chi connectivity index (χ0) is 24.2. The van der Waals surface area contributed by atoms with Crippen molar-refractivity contribution in [2.75, 3.05) is 32.8 Å². The van der Waals surface area contributed by atoms with Crippen LogP contribution in [0.15, 0.2) is 36.4 Å².